The number of benzene rings is 1. The van der Waals surface area contributed by atoms with Crippen molar-refractivity contribution in [3.63, 3.8) is 0 Å². The summed E-state index contributed by atoms with van der Waals surface area (Å²) in [6, 6.07) is 2.99. The van der Waals surface area contributed by atoms with Gasteiger partial charge in [-0.05, 0) is 44.3 Å². The fraction of sp³-hybridized carbons (Fsp3) is 0.600. The number of anilines is 1. The zero-order valence-electron chi connectivity index (χ0n) is 17.2. The summed E-state index contributed by atoms with van der Waals surface area (Å²) in [6.07, 6.45) is 2.86. The number of halogens is 1. The summed E-state index contributed by atoms with van der Waals surface area (Å²) in [4.78, 5) is 26.4. The first-order valence-electron chi connectivity index (χ1n) is 10.1. The molecule has 5 N–H and O–H groups in total. The van der Waals surface area contributed by atoms with E-state index in [2.05, 4.69) is 20.9 Å². The first-order chi connectivity index (χ1) is 13.9. The molecule has 1 atom stereocenters. The molecular weight excluding hydrogens is 394 g/mol. The molecule has 0 spiro atoms. The van der Waals surface area contributed by atoms with Gasteiger partial charge in [-0.1, -0.05) is 18.5 Å². The van der Waals surface area contributed by atoms with Crippen LogP contribution in [-0.4, -0.2) is 63.2 Å². The van der Waals surface area contributed by atoms with Crippen molar-refractivity contribution in [2.75, 3.05) is 52.1 Å². The quantitative estimate of drug-likeness (QED) is 0.339. The second-order valence-electron chi connectivity index (χ2n) is 7.28. The molecule has 2 rings (SSSR count). The highest BCUT2D eigenvalue weighted by atomic mass is 35.5. The Morgan fingerprint density at radius 3 is 2.76 bits per heavy atom. The molecule has 1 unspecified atom stereocenters. The minimum atomic E-state index is -0.218. The molecular formula is C20H32ClN5O3. The van der Waals surface area contributed by atoms with E-state index in [4.69, 9.17) is 22.1 Å². The minimum absolute atomic E-state index is 0.105. The number of amides is 3. The Labute approximate surface area is 177 Å². The molecule has 1 aromatic rings. The van der Waals surface area contributed by atoms with Crippen LogP contribution in [0.4, 0.5) is 10.5 Å². The zero-order valence-corrected chi connectivity index (χ0v) is 18.0. The van der Waals surface area contributed by atoms with Gasteiger partial charge >= 0.3 is 6.03 Å². The molecule has 1 aliphatic rings. The minimum Gasteiger partial charge on any atom is -0.496 e. The Hall–Kier alpha value is -2.19. The van der Waals surface area contributed by atoms with E-state index >= 15 is 0 Å². The first kappa shape index (κ1) is 23.1. The average molecular weight is 426 g/mol. The van der Waals surface area contributed by atoms with Crippen molar-refractivity contribution in [1.29, 1.82) is 0 Å². The van der Waals surface area contributed by atoms with Crippen LogP contribution in [0.5, 0.6) is 5.75 Å². The van der Waals surface area contributed by atoms with Crippen molar-refractivity contribution in [2.45, 2.75) is 26.2 Å². The van der Waals surface area contributed by atoms with Crippen LogP contribution in [-0.2, 0) is 0 Å². The molecule has 0 radical (unpaired) electrons. The summed E-state index contributed by atoms with van der Waals surface area (Å²) in [5.41, 5.74) is 6.53. The number of likely N-dealkylation sites (tertiary alicyclic amines) is 1. The number of nitrogen functional groups attached to an aromatic ring is 1. The van der Waals surface area contributed by atoms with Gasteiger partial charge in [0, 0.05) is 32.2 Å². The van der Waals surface area contributed by atoms with Gasteiger partial charge in [-0.2, -0.15) is 0 Å². The number of nitrogens with zero attached hydrogens (tertiary/aromatic N) is 1. The molecule has 8 nitrogen and oxygen atoms in total. The fourth-order valence-electron chi connectivity index (χ4n) is 3.34. The van der Waals surface area contributed by atoms with Crippen molar-refractivity contribution in [1.82, 2.24) is 20.9 Å². The molecule has 162 valence electrons. The van der Waals surface area contributed by atoms with Crippen LogP contribution in [0, 0.1) is 5.92 Å². The number of ether oxygens (including phenoxy) is 1. The van der Waals surface area contributed by atoms with Gasteiger partial charge < -0.3 is 31.3 Å². The van der Waals surface area contributed by atoms with Gasteiger partial charge in [-0.25, -0.2) is 4.79 Å². The standard InChI is InChI=1S/C20H32ClN5O3/c1-3-6-23-20(28)24-7-4-8-26-9-5-14(13-26)12-25-19(27)15-10-16(21)17(22)11-18(15)29-2/h10-11,14H,3-9,12-13,22H2,1-2H3,(H,25,27)(H2,23,24,28). The summed E-state index contributed by atoms with van der Waals surface area (Å²) in [5.74, 6) is 0.590. The van der Waals surface area contributed by atoms with E-state index < -0.39 is 0 Å². The van der Waals surface area contributed by atoms with Crippen molar-refractivity contribution in [3.05, 3.63) is 22.7 Å². The number of carbonyl (C=O) groups excluding carboxylic acids is 2. The maximum absolute atomic E-state index is 12.5. The number of hydrogen-bond acceptors (Lipinski definition) is 5. The monoisotopic (exact) mass is 425 g/mol. The third-order valence-electron chi connectivity index (χ3n) is 4.96. The lowest BCUT2D eigenvalue weighted by Gasteiger charge is -2.17. The predicted octanol–water partition coefficient (Wildman–Crippen LogP) is 2.08. The maximum Gasteiger partial charge on any atom is 0.314 e. The molecule has 1 fully saturated rings. The van der Waals surface area contributed by atoms with E-state index in [-0.39, 0.29) is 11.9 Å². The van der Waals surface area contributed by atoms with Crippen LogP contribution >= 0.6 is 11.6 Å². The Morgan fingerprint density at radius 2 is 2.03 bits per heavy atom. The SMILES string of the molecule is CCCNC(=O)NCCCN1CCC(CNC(=O)c2cc(Cl)c(N)cc2OC)C1. The van der Waals surface area contributed by atoms with Crippen molar-refractivity contribution in [3.8, 4) is 5.75 Å². The molecule has 1 heterocycles. The molecule has 1 aromatic carbocycles. The molecule has 1 saturated heterocycles. The van der Waals surface area contributed by atoms with Crippen LogP contribution in [0.25, 0.3) is 0 Å². The molecule has 3 amide bonds. The second-order valence-corrected chi connectivity index (χ2v) is 7.68. The van der Waals surface area contributed by atoms with E-state index in [0.717, 1.165) is 38.9 Å². The highest BCUT2D eigenvalue weighted by Crippen LogP contribution is 2.28. The average Bonchev–Trinajstić information content (AvgIpc) is 3.17. The van der Waals surface area contributed by atoms with Crippen LogP contribution in [0.15, 0.2) is 12.1 Å². The highest BCUT2D eigenvalue weighted by molar-refractivity contribution is 6.33. The van der Waals surface area contributed by atoms with Crippen LogP contribution in [0.1, 0.15) is 36.5 Å². The second kappa shape index (κ2) is 11.7. The number of nitrogens with one attached hydrogen (secondary N) is 3. The first-order valence-corrected chi connectivity index (χ1v) is 10.5. The fourth-order valence-corrected chi connectivity index (χ4v) is 3.50. The Bertz CT molecular complexity index is 701. The summed E-state index contributed by atoms with van der Waals surface area (Å²) in [7, 11) is 1.50. The van der Waals surface area contributed by atoms with Gasteiger partial charge in [-0.3, -0.25) is 4.79 Å². The van der Waals surface area contributed by atoms with E-state index in [1.54, 1.807) is 6.07 Å². The van der Waals surface area contributed by atoms with Gasteiger partial charge in [0.15, 0.2) is 0 Å². The van der Waals surface area contributed by atoms with Gasteiger partial charge in [0.1, 0.15) is 5.75 Å². The Balaban J connectivity index is 1.69. The molecule has 0 aromatic heterocycles. The number of hydrogen-bond donors (Lipinski definition) is 4. The number of carbonyl (C=O) groups is 2. The Morgan fingerprint density at radius 1 is 1.28 bits per heavy atom. The van der Waals surface area contributed by atoms with E-state index in [1.807, 2.05) is 6.92 Å². The van der Waals surface area contributed by atoms with E-state index in [9.17, 15) is 9.59 Å². The number of methoxy groups -OCH3 is 1. The molecule has 0 bridgehead atoms. The summed E-state index contributed by atoms with van der Waals surface area (Å²) in [6.45, 7) is 6.83. The third-order valence-corrected chi connectivity index (χ3v) is 5.28. The highest BCUT2D eigenvalue weighted by Gasteiger charge is 2.23. The molecule has 0 aliphatic carbocycles. The number of rotatable bonds is 10. The number of urea groups is 1. The summed E-state index contributed by atoms with van der Waals surface area (Å²) >= 11 is 6.04. The lowest BCUT2D eigenvalue weighted by molar-refractivity contribution is 0.0944. The zero-order chi connectivity index (χ0) is 21.2. The van der Waals surface area contributed by atoms with Gasteiger partial charge in [0.05, 0.1) is 23.4 Å². The maximum atomic E-state index is 12.5. The lowest BCUT2D eigenvalue weighted by Crippen LogP contribution is -2.37. The molecule has 0 saturated carbocycles. The van der Waals surface area contributed by atoms with E-state index in [0.29, 0.717) is 47.6 Å². The predicted molar refractivity (Wildman–Crippen MR) is 116 cm³/mol. The smallest absolute Gasteiger partial charge is 0.314 e. The van der Waals surface area contributed by atoms with Crippen molar-refractivity contribution >= 4 is 29.2 Å². The summed E-state index contributed by atoms with van der Waals surface area (Å²) < 4.78 is 5.24. The number of nitrogens with two attached hydrogens (primary N) is 1. The lowest BCUT2D eigenvalue weighted by atomic mass is 10.1. The van der Waals surface area contributed by atoms with Gasteiger partial charge in [-0.15, -0.1) is 0 Å². The van der Waals surface area contributed by atoms with E-state index in [1.165, 1.54) is 13.2 Å². The third kappa shape index (κ3) is 7.29. The molecule has 1 aliphatic heterocycles. The summed E-state index contributed by atoms with van der Waals surface area (Å²) in [5, 5.41) is 8.97. The van der Waals surface area contributed by atoms with Gasteiger partial charge in [0.2, 0.25) is 0 Å². The topological polar surface area (TPSA) is 109 Å². The van der Waals surface area contributed by atoms with Gasteiger partial charge in [0.25, 0.3) is 5.91 Å². The normalized spacial score (nSPS) is 16.4. The van der Waals surface area contributed by atoms with Crippen molar-refractivity contribution in [2.24, 2.45) is 5.92 Å². The Kier molecular flexibility index (Phi) is 9.34. The molecule has 29 heavy (non-hydrogen) atoms. The largest absolute Gasteiger partial charge is 0.496 e. The van der Waals surface area contributed by atoms with Crippen LogP contribution in [0.3, 0.4) is 0 Å². The van der Waals surface area contributed by atoms with Crippen molar-refractivity contribution < 1.29 is 14.3 Å². The van der Waals surface area contributed by atoms with Crippen LogP contribution < -0.4 is 26.4 Å². The molecule has 9 heteroatoms. The van der Waals surface area contributed by atoms with Crippen LogP contribution in [0.2, 0.25) is 5.02 Å².